The number of hydrogen-bond acceptors (Lipinski definition) is 2. The van der Waals surface area contributed by atoms with Gasteiger partial charge in [-0.3, -0.25) is 9.59 Å². The standard InChI is InChI=1S/C14H20BrN3O2/c1-2-17-10-11(15)9-12(17)14(20)16-6-5-13(19)18-7-3-4-8-18/h9-10H,2-8H2,1H3,(H,16,20). The van der Waals surface area contributed by atoms with Crippen molar-refractivity contribution in [1.82, 2.24) is 14.8 Å². The molecule has 0 aliphatic carbocycles. The fraction of sp³-hybridized carbons (Fsp3) is 0.571. The van der Waals surface area contributed by atoms with Crippen molar-refractivity contribution in [1.29, 1.82) is 0 Å². The molecule has 2 amide bonds. The number of carbonyl (C=O) groups is 2. The molecule has 1 aromatic rings. The van der Waals surface area contributed by atoms with Crippen molar-refractivity contribution in [3.8, 4) is 0 Å². The third-order valence-electron chi connectivity index (χ3n) is 3.52. The quantitative estimate of drug-likeness (QED) is 0.890. The molecule has 0 aromatic carbocycles. The number of hydrogen-bond donors (Lipinski definition) is 1. The molecule has 6 heteroatoms. The maximum absolute atomic E-state index is 12.1. The van der Waals surface area contributed by atoms with Gasteiger partial charge in [0.1, 0.15) is 5.69 Å². The van der Waals surface area contributed by atoms with Crippen LogP contribution in [-0.4, -0.2) is 40.9 Å². The van der Waals surface area contributed by atoms with E-state index in [2.05, 4.69) is 21.2 Å². The van der Waals surface area contributed by atoms with Gasteiger partial charge in [-0.25, -0.2) is 0 Å². The Kier molecular flexibility index (Phi) is 5.23. The molecule has 2 rings (SSSR count). The molecule has 20 heavy (non-hydrogen) atoms. The first kappa shape index (κ1) is 15.1. The van der Waals surface area contributed by atoms with E-state index in [4.69, 9.17) is 0 Å². The van der Waals surface area contributed by atoms with Crippen LogP contribution in [0.1, 0.15) is 36.7 Å². The van der Waals surface area contributed by atoms with Crippen LogP contribution in [0, 0.1) is 0 Å². The zero-order valence-electron chi connectivity index (χ0n) is 11.7. The number of halogens is 1. The summed E-state index contributed by atoms with van der Waals surface area (Å²) in [6.07, 6.45) is 4.44. The van der Waals surface area contributed by atoms with Crippen molar-refractivity contribution >= 4 is 27.7 Å². The lowest BCUT2D eigenvalue weighted by atomic mass is 10.3. The normalized spacial score (nSPS) is 14.6. The molecule has 1 fully saturated rings. The Morgan fingerprint density at radius 3 is 2.70 bits per heavy atom. The van der Waals surface area contributed by atoms with Crippen molar-refractivity contribution in [2.24, 2.45) is 0 Å². The lowest BCUT2D eigenvalue weighted by molar-refractivity contribution is -0.129. The van der Waals surface area contributed by atoms with E-state index >= 15 is 0 Å². The van der Waals surface area contributed by atoms with E-state index in [9.17, 15) is 9.59 Å². The molecular weight excluding hydrogens is 322 g/mol. The molecule has 0 spiro atoms. The van der Waals surface area contributed by atoms with Gasteiger partial charge >= 0.3 is 0 Å². The second-order valence-corrected chi connectivity index (χ2v) is 5.84. The number of likely N-dealkylation sites (tertiary alicyclic amines) is 1. The van der Waals surface area contributed by atoms with Gasteiger partial charge < -0.3 is 14.8 Å². The Hall–Kier alpha value is -1.30. The predicted molar refractivity (Wildman–Crippen MR) is 80.6 cm³/mol. The average Bonchev–Trinajstić information content (AvgIpc) is 3.07. The van der Waals surface area contributed by atoms with Crippen LogP contribution < -0.4 is 5.32 Å². The van der Waals surface area contributed by atoms with E-state index in [-0.39, 0.29) is 11.8 Å². The first-order valence-electron chi connectivity index (χ1n) is 7.03. The van der Waals surface area contributed by atoms with Crippen molar-refractivity contribution < 1.29 is 9.59 Å². The highest BCUT2D eigenvalue weighted by molar-refractivity contribution is 9.10. The first-order chi connectivity index (χ1) is 9.61. The van der Waals surface area contributed by atoms with Crippen LogP contribution >= 0.6 is 15.9 Å². The van der Waals surface area contributed by atoms with E-state index < -0.39 is 0 Å². The van der Waals surface area contributed by atoms with Crippen LogP contribution in [0.3, 0.4) is 0 Å². The van der Waals surface area contributed by atoms with Crippen LogP contribution in [0.2, 0.25) is 0 Å². The maximum Gasteiger partial charge on any atom is 0.267 e. The highest BCUT2D eigenvalue weighted by Crippen LogP contribution is 2.15. The molecule has 1 aliphatic heterocycles. The van der Waals surface area contributed by atoms with Gasteiger partial charge in [0.2, 0.25) is 5.91 Å². The zero-order chi connectivity index (χ0) is 14.5. The topological polar surface area (TPSA) is 54.3 Å². The molecular formula is C14H20BrN3O2. The minimum absolute atomic E-state index is 0.133. The Balaban J connectivity index is 1.81. The third kappa shape index (κ3) is 3.62. The molecule has 0 saturated carbocycles. The lowest BCUT2D eigenvalue weighted by Crippen LogP contribution is -2.33. The summed E-state index contributed by atoms with van der Waals surface area (Å²) in [5, 5.41) is 2.81. The van der Waals surface area contributed by atoms with E-state index in [0.29, 0.717) is 18.7 Å². The number of amides is 2. The van der Waals surface area contributed by atoms with Gasteiger partial charge in [-0.05, 0) is 41.8 Å². The highest BCUT2D eigenvalue weighted by atomic mass is 79.9. The lowest BCUT2D eigenvalue weighted by Gasteiger charge is -2.15. The van der Waals surface area contributed by atoms with Crippen LogP contribution in [0.15, 0.2) is 16.7 Å². The number of nitrogens with one attached hydrogen (secondary N) is 1. The van der Waals surface area contributed by atoms with E-state index in [1.807, 2.05) is 22.6 Å². The summed E-state index contributed by atoms with van der Waals surface area (Å²) in [5.74, 6) is 0.00151. The molecule has 1 saturated heterocycles. The molecule has 110 valence electrons. The summed E-state index contributed by atoms with van der Waals surface area (Å²) < 4.78 is 2.76. The Bertz CT molecular complexity index is 493. The SMILES string of the molecule is CCn1cc(Br)cc1C(=O)NCCC(=O)N1CCCC1. The van der Waals surface area contributed by atoms with Crippen LogP contribution in [-0.2, 0) is 11.3 Å². The largest absolute Gasteiger partial charge is 0.350 e. The molecule has 5 nitrogen and oxygen atoms in total. The van der Waals surface area contributed by atoms with Gasteiger partial charge in [-0.1, -0.05) is 0 Å². The smallest absolute Gasteiger partial charge is 0.267 e. The minimum Gasteiger partial charge on any atom is -0.350 e. The number of nitrogens with zero attached hydrogens (tertiary/aromatic N) is 2. The summed E-state index contributed by atoms with van der Waals surface area (Å²) in [7, 11) is 0. The van der Waals surface area contributed by atoms with Crippen LogP contribution in [0.4, 0.5) is 0 Å². The Morgan fingerprint density at radius 2 is 2.05 bits per heavy atom. The van der Waals surface area contributed by atoms with Crippen molar-refractivity contribution in [3.05, 3.63) is 22.4 Å². The Morgan fingerprint density at radius 1 is 1.35 bits per heavy atom. The Labute approximate surface area is 127 Å². The summed E-state index contributed by atoms with van der Waals surface area (Å²) in [4.78, 5) is 25.8. The number of rotatable bonds is 5. The summed E-state index contributed by atoms with van der Waals surface area (Å²) in [6.45, 7) is 4.83. The second-order valence-electron chi connectivity index (χ2n) is 4.92. The van der Waals surface area contributed by atoms with Crippen molar-refractivity contribution in [3.63, 3.8) is 0 Å². The van der Waals surface area contributed by atoms with Gasteiger partial charge in [0.25, 0.3) is 5.91 Å². The molecule has 1 N–H and O–H groups in total. The number of aryl methyl sites for hydroxylation is 1. The predicted octanol–water partition coefficient (Wildman–Crippen LogP) is 2.01. The fourth-order valence-corrected chi connectivity index (χ4v) is 2.89. The molecule has 1 aliphatic rings. The van der Waals surface area contributed by atoms with Gasteiger partial charge in [0.15, 0.2) is 0 Å². The number of aromatic nitrogens is 1. The van der Waals surface area contributed by atoms with Gasteiger partial charge in [-0.2, -0.15) is 0 Å². The molecule has 0 radical (unpaired) electrons. The van der Waals surface area contributed by atoms with E-state index in [1.165, 1.54) is 0 Å². The van der Waals surface area contributed by atoms with Crippen LogP contribution in [0.5, 0.6) is 0 Å². The zero-order valence-corrected chi connectivity index (χ0v) is 13.3. The second kappa shape index (κ2) is 6.92. The number of carbonyl (C=O) groups excluding carboxylic acids is 2. The summed E-state index contributed by atoms with van der Waals surface area (Å²) in [5.41, 5.74) is 0.619. The maximum atomic E-state index is 12.1. The summed E-state index contributed by atoms with van der Waals surface area (Å²) >= 11 is 3.37. The van der Waals surface area contributed by atoms with E-state index in [0.717, 1.165) is 36.9 Å². The fourth-order valence-electron chi connectivity index (χ4n) is 2.42. The molecule has 0 atom stereocenters. The summed E-state index contributed by atoms with van der Waals surface area (Å²) in [6, 6.07) is 1.79. The van der Waals surface area contributed by atoms with Crippen molar-refractivity contribution in [2.45, 2.75) is 32.7 Å². The van der Waals surface area contributed by atoms with Gasteiger partial charge in [0, 0.05) is 43.3 Å². The molecule has 2 heterocycles. The first-order valence-corrected chi connectivity index (χ1v) is 7.82. The third-order valence-corrected chi connectivity index (χ3v) is 3.95. The van der Waals surface area contributed by atoms with E-state index in [1.54, 1.807) is 6.07 Å². The molecule has 1 aromatic heterocycles. The van der Waals surface area contributed by atoms with Crippen molar-refractivity contribution in [2.75, 3.05) is 19.6 Å². The minimum atomic E-state index is -0.133. The monoisotopic (exact) mass is 341 g/mol. The average molecular weight is 342 g/mol. The molecule has 0 unspecified atom stereocenters. The molecule has 0 bridgehead atoms. The van der Waals surface area contributed by atoms with Gasteiger partial charge in [-0.15, -0.1) is 0 Å². The highest BCUT2D eigenvalue weighted by Gasteiger charge is 2.18. The van der Waals surface area contributed by atoms with Crippen LogP contribution in [0.25, 0.3) is 0 Å². The van der Waals surface area contributed by atoms with Gasteiger partial charge in [0.05, 0.1) is 0 Å².